The van der Waals surface area contributed by atoms with Crippen molar-refractivity contribution in [3.63, 3.8) is 0 Å². The zero-order valence-electron chi connectivity index (χ0n) is 10.4. The number of nitrogens with two attached hydrogens (primary N) is 1. The summed E-state index contributed by atoms with van der Waals surface area (Å²) in [6.45, 7) is 0.228. The third-order valence-corrected chi connectivity index (χ3v) is 2.71. The molecule has 2 aromatic rings. The lowest BCUT2D eigenvalue weighted by Gasteiger charge is -2.06. The maximum atomic E-state index is 13.8. The van der Waals surface area contributed by atoms with Gasteiger partial charge in [0.05, 0.1) is 18.4 Å². The van der Waals surface area contributed by atoms with Gasteiger partial charge in [0.1, 0.15) is 11.6 Å². The van der Waals surface area contributed by atoms with E-state index in [2.05, 4.69) is 4.98 Å². The van der Waals surface area contributed by atoms with E-state index in [1.807, 2.05) is 0 Å². The molecule has 0 fully saturated rings. The maximum absolute atomic E-state index is 13.8. The van der Waals surface area contributed by atoms with Gasteiger partial charge in [-0.3, -0.25) is 9.78 Å². The first-order valence-corrected chi connectivity index (χ1v) is 5.69. The molecule has 1 aromatic carbocycles. The highest BCUT2D eigenvalue weighted by atomic mass is 19.1. The molecule has 0 spiro atoms. The van der Waals surface area contributed by atoms with Gasteiger partial charge < -0.3 is 10.5 Å². The number of methoxy groups -OCH3 is 1. The van der Waals surface area contributed by atoms with Gasteiger partial charge in [-0.15, -0.1) is 0 Å². The number of ketones is 1. The van der Waals surface area contributed by atoms with Gasteiger partial charge in [0.2, 0.25) is 0 Å². The van der Waals surface area contributed by atoms with Crippen LogP contribution in [-0.2, 0) is 6.54 Å². The lowest BCUT2D eigenvalue weighted by molar-refractivity contribution is 0.103. The van der Waals surface area contributed by atoms with E-state index in [0.717, 1.165) is 0 Å². The lowest BCUT2D eigenvalue weighted by Crippen LogP contribution is -2.07. The molecule has 1 aromatic heterocycles. The molecule has 2 rings (SSSR count). The number of carbonyl (C=O) groups is 1. The molecule has 0 aliphatic heterocycles. The fourth-order valence-corrected chi connectivity index (χ4v) is 1.69. The maximum Gasteiger partial charge on any atom is 0.196 e. The quantitative estimate of drug-likeness (QED) is 0.853. The van der Waals surface area contributed by atoms with Crippen molar-refractivity contribution in [2.24, 2.45) is 5.73 Å². The second kappa shape index (κ2) is 5.58. The van der Waals surface area contributed by atoms with E-state index in [-0.39, 0.29) is 12.1 Å². The summed E-state index contributed by atoms with van der Waals surface area (Å²) in [4.78, 5) is 16.2. The van der Waals surface area contributed by atoms with Crippen molar-refractivity contribution in [3.05, 3.63) is 59.2 Å². The number of hydrogen-bond donors (Lipinski definition) is 1. The minimum absolute atomic E-state index is 0.00466. The molecule has 0 aliphatic carbocycles. The summed E-state index contributed by atoms with van der Waals surface area (Å²) in [6, 6.07) is 7.22. The van der Waals surface area contributed by atoms with Crippen LogP contribution in [0, 0.1) is 5.82 Å². The molecule has 5 heteroatoms. The molecule has 0 bridgehead atoms. The molecule has 1 heterocycles. The van der Waals surface area contributed by atoms with E-state index in [1.165, 1.54) is 31.5 Å². The van der Waals surface area contributed by atoms with Crippen molar-refractivity contribution in [2.75, 3.05) is 7.11 Å². The van der Waals surface area contributed by atoms with Crippen LogP contribution < -0.4 is 10.5 Å². The Morgan fingerprint density at radius 1 is 1.37 bits per heavy atom. The highest BCUT2D eigenvalue weighted by molar-refractivity contribution is 6.09. The Balaban J connectivity index is 2.38. The smallest absolute Gasteiger partial charge is 0.196 e. The summed E-state index contributed by atoms with van der Waals surface area (Å²) in [5, 5.41) is 0. The van der Waals surface area contributed by atoms with Crippen molar-refractivity contribution in [3.8, 4) is 5.75 Å². The zero-order chi connectivity index (χ0) is 13.8. The van der Waals surface area contributed by atoms with E-state index < -0.39 is 11.6 Å². The van der Waals surface area contributed by atoms with E-state index in [0.29, 0.717) is 17.0 Å². The molecule has 0 atom stereocenters. The first-order valence-electron chi connectivity index (χ1n) is 5.69. The van der Waals surface area contributed by atoms with Crippen LogP contribution in [0.1, 0.15) is 21.6 Å². The Kier molecular flexibility index (Phi) is 3.87. The number of pyridine rings is 1. The van der Waals surface area contributed by atoms with Crippen molar-refractivity contribution < 1.29 is 13.9 Å². The van der Waals surface area contributed by atoms with Gasteiger partial charge in [-0.05, 0) is 24.3 Å². The second-order valence-corrected chi connectivity index (χ2v) is 3.91. The molecule has 0 radical (unpaired) electrons. The van der Waals surface area contributed by atoms with Crippen LogP contribution in [0.25, 0.3) is 0 Å². The average Bonchev–Trinajstić information content (AvgIpc) is 2.46. The molecule has 0 aliphatic rings. The number of aromatic nitrogens is 1. The molecule has 0 saturated heterocycles. The van der Waals surface area contributed by atoms with Crippen molar-refractivity contribution in [1.82, 2.24) is 4.98 Å². The van der Waals surface area contributed by atoms with Gasteiger partial charge in [-0.1, -0.05) is 0 Å². The van der Waals surface area contributed by atoms with Gasteiger partial charge in [-0.25, -0.2) is 4.39 Å². The minimum atomic E-state index is -0.615. The van der Waals surface area contributed by atoms with Gasteiger partial charge in [0, 0.05) is 24.4 Å². The number of halogens is 1. The van der Waals surface area contributed by atoms with Gasteiger partial charge in [-0.2, -0.15) is 0 Å². The van der Waals surface area contributed by atoms with E-state index in [1.54, 1.807) is 12.1 Å². The third kappa shape index (κ3) is 2.77. The molecular formula is C14H13FN2O2. The van der Waals surface area contributed by atoms with Crippen LogP contribution in [0.15, 0.2) is 36.5 Å². The highest BCUT2D eigenvalue weighted by Gasteiger charge is 2.15. The summed E-state index contributed by atoms with van der Waals surface area (Å²) < 4.78 is 18.7. The summed E-state index contributed by atoms with van der Waals surface area (Å²) >= 11 is 0. The normalized spacial score (nSPS) is 10.3. The van der Waals surface area contributed by atoms with Crippen LogP contribution in [0.4, 0.5) is 4.39 Å². The molecule has 0 saturated carbocycles. The fourth-order valence-electron chi connectivity index (χ4n) is 1.69. The Hall–Kier alpha value is -2.27. The van der Waals surface area contributed by atoms with Crippen LogP contribution in [0.3, 0.4) is 0 Å². The fraction of sp³-hybridized carbons (Fsp3) is 0.143. The molecule has 4 nitrogen and oxygen atoms in total. The topological polar surface area (TPSA) is 65.2 Å². The number of hydrogen-bond acceptors (Lipinski definition) is 4. The number of rotatable bonds is 4. The number of benzene rings is 1. The second-order valence-electron chi connectivity index (χ2n) is 3.91. The van der Waals surface area contributed by atoms with Gasteiger partial charge in [0.15, 0.2) is 5.78 Å². The number of ether oxygens (including phenoxy) is 1. The van der Waals surface area contributed by atoms with Gasteiger partial charge in [0.25, 0.3) is 0 Å². The van der Waals surface area contributed by atoms with Crippen molar-refractivity contribution >= 4 is 5.78 Å². The zero-order valence-corrected chi connectivity index (χ0v) is 10.4. The molecule has 0 unspecified atom stereocenters. The predicted molar refractivity (Wildman–Crippen MR) is 68.5 cm³/mol. The monoisotopic (exact) mass is 260 g/mol. The summed E-state index contributed by atoms with van der Waals surface area (Å²) in [7, 11) is 1.44. The Bertz CT molecular complexity index is 614. The Labute approximate surface area is 110 Å². The van der Waals surface area contributed by atoms with Gasteiger partial charge >= 0.3 is 0 Å². The molecular weight excluding hydrogens is 247 g/mol. The molecule has 2 N–H and O–H groups in total. The van der Waals surface area contributed by atoms with E-state index in [4.69, 9.17) is 10.5 Å². The summed E-state index contributed by atoms with van der Waals surface area (Å²) in [5.41, 5.74) is 6.40. The number of carbonyl (C=O) groups excluding carboxylic acids is 1. The lowest BCUT2D eigenvalue weighted by atomic mass is 10.0. The van der Waals surface area contributed by atoms with Crippen LogP contribution in [0.5, 0.6) is 5.75 Å². The van der Waals surface area contributed by atoms with E-state index in [9.17, 15) is 9.18 Å². The Morgan fingerprint density at radius 2 is 2.16 bits per heavy atom. The van der Waals surface area contributed by atoms with Crippen LogP contribution >= 0.6 is 0 Å². The molecule has 0 amide bonds. The molecule has 19 heavy (non-hydrogen) atoms. The average molecular weight is 260 g/mol. The predicted octanol–water partition coefficient (Wildman–Crippen LogP) is 1.92. The van der Waals surface area contributed by atoms with E-state index >= 15 is 0 Å². The SMILES string of the molecule is COc1ccc(C(=O)c2ccnc(CN)c2)c(F)c1. The highest BCUT2D eigenvalue weighted by Crippen LogP contribution is 2.19. The first kappa shape index (κ1) is 13.2. The largest absolute Gasteiger partial charge is 0.497 e. The third-order valence-electron chi connectivity index (χ3n) is 2.71. The van der Waals surface area contributed by atoms with Crippen molar-refractivity contribution in [1.29, 1.82) is 0 Å². The Morgan fingerprint density at radius 3 is 2.79 bits per heavy atom. The standard InChI is InChI=1S/C14H13FN2O2/c1-19-11-2-3-12(13(15)7-11)14(18)9-4-5-17-10(6-9)8-16/h2-7H,8,16H2,1H3. The van der Waals surface area contributed by atoms with Crippen LogP contribution in [0.2, 0.25) is 0 Å². The summed E-state index contributed by atoms with van der Waals surface area (Å²) in [6.07, 6.45) is 1.48. The van der Waals surface area contributed by atoms with Crippen LogP contribution in [-0.4, -0.2) is 17.9 Å². The molecule has 98 valence electrons. The first-order chi connectivity index (χ1) is 9.15. The number of nitrogens with zero attached hydrogens (tertiary/aromatic N) is 1. The van der Waals surface area contributed by atoms with Crippen molar-refractivity contribution in [2.45, 2.75) is 6.54 Å². The minimum Gasteiger partial charge on any atom is -0.497 e. The summed E-state index contributed by atoms with van der Waals surface area (Å²) in [5.74, 6) is -0.654.